The molecule has 2 aliphatic rings. The van der Waals surface area contributed by atoms with Crippen LogP contribution in [0.2, 0.25) is 0 Å². The van der Waals surface area contributed by atoms with E-state index >= 15 is 0 Å². The predicted octanol–water partition coefficient (Wildman–Crippen LogP) is 3.82. The lowest BCUT2D eigenvalue weighted by Crippen LogP contribution is -2.40. The molecule has 0 saturated carbocycles. The Bertz CT molecular complexity index is 823. The van der Waals surface area contributed by atoms with Crippen LogP contribution in [-0.4, -0.2) is 51.2 Å². The topological polar surface area (TPSA) is 41.4 Å². The zero-order chi connectivity index (χ0) is 20.2. The smallest absolute Gasteiger partial charge is 0.274 e. The molecule has 0 N–H and O–H groups in total. The number of hydrogen-bond donors (Lipinski definition) is 0. The number of likely N-dealkylation sites (tertiary alicyclic amines) is 1. The van der Waals surface area contributed by atoms with Crippen LogP contribution in [-0.2, 0) is 26.4 Å². The lowest BCUT2D eigenvalue weighted by molar-refractivity contribution is 0.0784. The summed E-state index contributed by atoms with van der Waals surface area (Å²) in [6, 6.07) is 11.3. The zero-order valence-electron chi connectivity index (χ0n) is 17.9. The SMILES string of the molecule is CCCCN(Cc1ccccc1)[C@H]1CCc2c(c(C(=O)N3CCCC3)nn2C)C1. The summed E-state index contributed by atoms with van der Waals surface area (Å²) in [7, 11) is 2.00. The third kappa shape index (κ3) is 4.40. The van der Waals surface area contributed by atoms with E-state index < -0.39 is 0 Å². The second-order valence-electron chi connectivity index (χ2n) is 8.60. The molecule has 1 fully saturated rings. The van der Waals surface area contributed by atoms with Crippen molar-refractivity contribution in [1.82, 2.24) is 19.6 Å². The van der Waals surface area contributed by atoms with Crippen molar-refractivity contribution in [3.05, 3.63) is 52.8 Å². The number of hydrogen-bond acceptors (Lipinski definition) is 3. The average Bonchev–Trinajstić information content (AvgIpc) is 3.40. The van der Waals surface area contributed by atoms with Crippen LogP contribution in [0.1, 0.15) is 66.3 Å². The molecule has 5 nitrogen and oxygen atoms in total. The van der Waals surface area contributed by atoms with Crippen molar-refractivity contribution < 1.29 is 4.79 Å². The van der Waals surface area contributed by atoms with Crippen LogP contribution in [0.4, 0.5) is 0 Å². The number of benzene rings is 1. The number of amides is 1. The first kappa shape index (κ1) is 20.1. The molecular weight excluding hydrogens is 360 g/mol. The van der Waals surface area contributed by atoms with Gasteiger partial charge in [0, 0.05) is 44.0 Å². The number of fused-ring (bicyclic) bond motifs is 1. The first-order chi connectivity index (χ1) is 14.2. The van der Waals surface area contributed by atoms with Gasteiger partial charge in [-0.05, 0) is 50.6 Å². The number of carbonyl (C=O) groups excluding carboxylic acids is 1. The highest BCUT2D eigenvalue weighted by Crippen LogP contribution is 2.29. The van der Waals surface area contributed by atoms with Crippen molar-refractivity contribution in [3.8, 4) is 0 Å². The van der Waals surface area contributed by atoms with Gasteiger partial charge in [0.25, 0.3) is 5.91 Å². The maximum atomic E-state index is 13.1. The number of nitrogens with zero attached hydrogens (tertiary/aromatic N) is 4. The van der Waals surface area contributed by atoms with Crippen molar-refractivity contribution in [2.75, 3.05) is 19.6 Å². The van der Waals surface area contributed by atoms with Crippen LogP contribution in [0, 0.1) is 0 Å². The van der Waals surface area contributed by atoms with Crippen LogP contribution in [0.5, 0.6) is 0 Å². The van der Waals surface area contributed by atoms with Crippen LogP contribution in [0.15, 0.2) is 30.3 Å². The van der Waals surface area contributed by atoms with Crippen LogP contribution >= 0.6 is 0 Å². The molecule has 1 atom stereocenters. The molecule has 4 rings (SSSR count). The molecule has 5 heteroatoms. The Morgan fingerprint density at radius 2 is 1.97 bits per heavy atom. The van der Waals surface area contributed by atoms with Gasteiger partial charge in [0.1, 0.15) is 0 Å². The standard InChI is InChI=1S/C24H34N4O/c1-3-4-14-28(18-19-10-6-5-7-11-19)20-12-13-22-21(17-20)23(25-26(22)2)24(29)27-15-8-9-16-27/h5-7,10-11,20H,3-4,8-9,12-18H2,1-2H3/t20-/m0/s1. The number of carbonyl (C=O) groups is 1. The Balaban J connectivity index is 1.55. The van der Waals surface area contributed by atoms with E-state index in [1.54, 1.807) is 0 Å². The molecule has 156 valence electrons. The molecule has 1 aliphatic heterocycles. The predicted molar refractivity (Wildman–Crippen MR) is 116 cm³/mol. The van der Waals surface area contributed by atoms with Gasteiger partial charge in [0.2, 0.25) is 0 Å². The molecule has 2 aromatic rings. The fourth-order valence-electron chi connectivity index (χ4n) is 4.89. The van der Waals surface area contributed by atoms with Crippen molar-refractivity contribution in [2.24, 2.45) is 7.05 Å². The minimum Gasteiger partial charge on any atom is -0.337 e. The van der Waals surface area contributed by atoms with Gasteiger partial charge in [-0.25, -0.2) is 0 Å². The largest absolute Gasteiger partial charge is 0.337 e. The van der Waals surface area contributed by atoms with E-state index in [4.69, 9.17) is 0 Å². The van der Waals surface area contributed by atoms with E-state index in [1.807, 2.05) is 16.6 Å². The van der Waals surface area contributed by atoms with E-state index in [1.165, 1.54) is 29.7 Å². The highest BCUT2D eigenvalue weighted by atomic mass is 16.2. The van der Waals surface area contributed by atoms with Gasteiger partial charge < -0.3 is 4.90 Å². The number of aryl methyl sites for hydroxylation is 1. The Morgan fingerprint density at radius 3 is 2.69 bits per heavy atom. The number of aromatic nitrogens is 2. The molecule has 1 aromatic heterocycles. The van der Waals surface area contributed by atoms with E-state index in [-0.39, 0.29) is 5.91 Å². The Morgan fingerprint density at radius 1 is 1.21 bits per heavy atom. The van der Waals surface area contributed by atoms with Crippen molar-refractivity contribution >= 4 is 5.91 Å². The lowest BCUT2D eigenvalue weighted by atomic mass is 9.89. The fourth-order valence-corrected chi connectivity index (χ4v) is 4.89. The van der Waals surface area contributed by atoms with Gasteiger partial charge in [0.05, 0.1) is 0 Å². The van der Waals surface area contributed by atoms with Gasteiger partial charge in [0.15, 0.2) is 5.69 Å². The molecule has 0 unspecified atom stereocenters. The third-order valence-electron chi connectivity index (χ3n) is 6.57. The minimum atomic E-state index is 0.142. The molecule has 1 aliphatic carbocycles. The van der Waals surface area contributed by atoms with Gasteiger partial charge >= 0.3 is 0 Å². The van der Waals surface area contributed by atoms with Crippen LogP contribution < -0.4 is 0 Å². The first-order valence-electron chi connectivity index (χ1n) is 11.3. The number of rotatable bonds is 7. The fraction of sp³-hybridized carbons (Fsp3) is 0.583. The molecule has 29 heavy (non-hydrogen) atoms. The van der Waals surface area contributed by atoms with Gasteiger partial charge in [-0.2, -0.15) is 5.10 Å². The number of unbranched alkanes of at least 4 members (excludes halogenated alkanes) is 1. The van der Waals surface area contributed by atoms with Crippen molar-refractivity contribution in [2.45, 2.75) is 64.5 Å². The molecule has 0 bridgehead atoms. The molecule has 1 saturated heterocycles. The monoisotopic (exact) mass is 394 g/mol. The second-order valence-corrected chi connectivity index (χ2v) is 8.60. The summed E-state index contributed by atoms with van der Waals surface area (Å²) >= 11 is 0. The highest BCUT2D eigenvalue weighted by molar-refractivity contribution is 5.94. The molecule has 0 spiro atoms. The summed E-state index contributed by atoms with van der Waals surface area (Å²) in [4.78, 5) is 17.7. The van der Waals surface area contributed by atoms with Crippen LogP contribution in [0.25, 0.3) is 0 Å². The summed E-state index contributed by atoms with van der Waals surface area (Å²) < 4.78 is 1.96. The Hall–Kier alpha value is -2.14. The van der Waals surface area contributed by atoms with E-state index in [0.717, 1.165) is 58.3 Å². The minimum absolute atomic E-state index is 0.142. The summed E-state index contributed by atoms with van der Waals surface area (Å²) in [5.74, 6) is 0.142. The third-order valence-corrected chi connectivity index (χ3v) is 6.57. The quantitative estimate of drug-likeness (QED) is 0.717. The molecular formula is C24H34N4O. The van der Waals surface area contributed by atoms with Gasteiger partial charge in [-0.15, -0.1) is 0 Å². The highest BCUT2D eigenvalue weighted by Gasteiger charge is 2.33. The van der Waals surface area contributed by atoms with E-state index in [9.17, 15) is 4.79 Å². The van der Waals surface area contributed by atoms with Crippen molar-refractivity contribution in [3.63, 3.8) is 0 Å². The summed E-state index contributed by atoms with van der Waals surface area (Å²) in [6.07, 6.45) is 7.73. The zero-order valence-corrected chi connectivity index (χ0v) is 17.9. The first-order valence-corrected chi connectivity index (χ1v) is 11.3. The van der Waals surface area contributed by atoms with E-state index in [0.29, 0.717) is 11.7 Å². The maximum Gasteiger partial charge on any atom is 0.274 e. The molecule has 2 heterocycles. The molecule has 0 radical (unpaired) electrons. The molecule has 1 aromatic carbocycles. The summed E-state index contributed by atoms with van der Waals surface area (Å²) in [5, 5.41) is 4.68. The van der Waals surface area contributed by atoms with Crippen LogP contribution in [0.3, 0.4) is 0 Å². The maximum absolute atomic E-state index is 13.1. The normalized spacial score (nSPS) is 19.0. The molecule has 1 amide bonds. The van der Waals surface area contributed by atoms with Crippen molar-refractivity contribution in [1.29, 1.82) is 0 Å². The lowest BCUT2D eigenvalue weighted by Gasteiger charge is -2.35. The van der Waals surface area contributed by atoms with Gasteiger partial charge in [-0.1, -0.05) is 43.7 Å². The average molecular weight is 395 g/mol. The Kier molecular flexibility index (Phi) is 6.34. The Labute approximate surface area is 174 Å². The second kappa shape index (κ2) is 9.12. The summed E-state index contributed by atoms with van der Waals surface area (Å²) in [6.45, 7) is 6.11. The van der Waals surface area contributed by atoms with E-state index in [2.05, 4.69) is 47.3 Å². The van der Waals surface area contributed by atoms with Gasteiger partial charge in [-0.3, -0.25) is 14.4 Å². The summed E-state index contributed by atoms with van der Waals surface area (Å²) in [5.41, 5.74) is 4.55.